The van der Waals surface area contributed by atoms with E-state index in [2.05, 4.69) is 4.98 Å². The molecule has 0 bridgehead atoms. The zero-order chi connectivity index (χ0) is 19.1. The number of Topliss-reactive ketones (excluding diaryl/α,β-unsaturated/α-hetero) is 1. The highest BCUT2D eigenvalue weighted by atomic mass is 16.5. The van der Waals surface area contributed by atoms with Crippen LogP contribution in [-0.4, -0.2) is 47.2 Å². The monoisotopic (exact) mass is 354 g/mol. The van der Waals surface area contributed by atoms with Gasteiger partial charge in [0.25, 0.3) is 5.91 Å². The van der Waals surface area contributed by atoms with Crippen LogP contribution in [0.5, 0.6) is 0 Å². The zero-order valence-corrected chi connectivity index (χ0v) is 15.1. The zero-order valence-electron chi connectivity index (χ0n) is 15.1. The lowest BCUT2D eigenvalue weighted by Crippen LogP contribution is -2.50. The molecule has 0 aliphatic rings. The van der Waals surface area contributed by atoms with E-state index in [1.54, 1.807) is 62.4 Å². The van der Waals surface area contributed by atoms with Gasteiger partial charge in [-0.25, -0.2) is 4.79 Å². The molecular weight excluding hydrogens is 332 g/mol. The van der Waals surface area contributed by atoms with Crippen LogP contribution in [0.25, 0.3) is 0 Å². The molecule has 0 spiro atoms. The third-order valence-corrected chi connectivity index (χ3v) is 3.96. The van der Waals surface area contributed by atoms with Crippen LogP contribution in [0.3, 0.4) is 0 Å². The topological polar surface area (TPSA) is 76.6 Å². The number of benzene rings is 1. The molecule has 1 atom stereocenters. The Balaban J connectivity index is 2.39. The molecule has 2 rings (SSSR count). The minimum absolute atomic E-state index is 0.169. The highest BCUT2D eigenvalue weighted by Crippen LogP contribution is 2.17. The van der Waals surface area contributed by atoms with Crippen LogP contribution in [0.1, 0.15) is 34.7 Å². The highest BCUT2D eigenvalue weighted by molar-refractivity contribution is 6.03. The molecule has 0 saturated heterocycles. The van der Waals surface area contributed by atoms with Crippen molar-refractivity contribution in [2.24, 2.45) is 5.92 Å². The maximum atomic E-state index is 13.0. The number of amides is 1. The number of rotatable bonds is 7. The summed E-state index contributed by atoms with van der Waals surface area (Å²) in [5.74, 6) is -1.55. The van der Waals surface area contributed by atoms with Crippen molar-refractivity contribution in [1.82, 2.24) is 9.88 Å². The number of carbonyl (C=O) groups excluding carboxylic acids is 3. The van der Waals surface area contributed by atoms with Crippen molar-refractivity contribution in [2.45, 2.75) is 19.9 Å². The van der Waals surface area contributed by atoms with Crippen LogP contribution in [0.4, 0.5) is 0 Å². The first-order valence-electron chi connectivity index (χ1n) is 8.33. The van der Waals surface area contributed by atoms with E-state index in [4.69, 9.17) is 4.74 Å². The summed E-state index contributed by atoms with van der Waals surface area (Å²) in [5.41, 5.74) is 0.640. The molecule has 26 heavy (non-hydrogen) atoms. The van der Waals surface area contributed by atoms with Crippen LogP contribution < -0.4 is 0 Å². The van der Waals surface area contributed by atoms with Crippen molar-refractivity contribution in [3.05, 3.63) is 66.0 Å². The first kappa shape index (κ1) is 19.3. The molecule has 6 heteroatoms. The second kappa shape index (κ2) is 8.89. The van der Waals surface area contributed by atoms with Gasteiger partial charge in [0, 0.05) is 11.8 Å². The SMILES string of the molecule is COC(=O)[C@@H](C(C)C)N(CC(=O)c1ccccc1)C(=O)c1ccccn1. The number of nitrogens with zero attached hydrogens (tertiary/aromatic N) is 2. The van der Waals surface area contributed by atoms with Crippen LogP contribution in [0, 0.1) is 5.92 Å². The molecule has 1 amide bonds. The number of methoxy groups -OCH3 is 1. The van der Waals surface area contributed by atoms with Crippen molar-refractivity contribution in [2.75, 3.05) is 13.7 Å². The molecule has 0 radical (unpaired) electrons. The summed E-state index contributed by atoms with van der Waals surface area (Å²) >= 11 is 0. The normalized spacial score (nSPS) is 11.7. The van der Waals surface area contributed by atoms with E-state index in [0.717, 1.165) is 0 Å². The van der Waals surface area contributed by atoms with Gasteiger partial charge in [0.05, 0.1) is 13.7 Å². The highest BCUT2D eigenvalue weighted by Gasteiger charge is 2.35. The molecule has 1 heterocycles. The predicted molar refractivity (Wildman–Crippen MR) is 96.7 cm³/mol. The summed E-state index contributed by atoms with van der Waals surface area (Å²) in [4.78, 5) is 43.2. The molecule has 136 valence electrons. The lowest BCUT2D eigenvalue weighted by Gasteiger charge is -2.31. The van der Waals surface area contributed by atoms with Gasteiger partial charge in [-0.3, -0.25) is 14.6 Å². The summed E-state index contributed by atoms with van der Waals surface area (Å²) in [5, 5.41) is 0. The second-order valence-corrected chi connectivity index (χ2v) is 6.15. The molecule has 0 unspecified atom stereocenters. The maximum absolute atomic E-state index is 13.0. The summed E-state index contributed by atoms with van der Waals surface area (Å²) in [6.45, 7) is 3.36. The second-order valence-electron chi connectivity index (χ2n) is 6.15. The van der Waals surface area contributed by atoms with Gasteiger partial charge in [-0.1, -0.05) is 50.2 Å². The standard InChI is InChI=1S/C20H22N2O4/c1-14(2)18(20(25)26-3)22(19(24)16-11-7-8-12-21-16)13-17(23)15-9-5-4-6-10-15/h4-12,14,18H,13H2,1-3H3/t18-/m1/s1. The first-order chi connectivity index (χ1) is 12.5. The Morgan fingerprint density at radius 1 is 1.04 bits per heavy atom. The largest absolute Gasteiger partial charge is 0.467 e. The number of esters is 1. The van der Waals surface area contributed by atoms with Gasteiger partial charge < -0.3 is 9.64 Å². The molecule has 0 saturated carbocycles. The van der Waals surface area contributed by atoms with E-state index in [0.29, 0.717) is 5.56 Å². The smallest absolute Gasteiger partial charge is 0.328 e. The van der Waals surface area contributed by atoms with Crippen molar-refractivity contribution in [1.29, 1.82) is 0 Å². The maximum Gasteiger partial charge on any atom is 0.328 e. The van der Waals surface area contributed by atoms with E-state index in [1.165, 1.54) is 18.2 Å². The van der Waals surface area contributed by atoms with E-state index in [1.807, 2.05) is 0 Å². The summed E-state index contributed by atoms with van der Waals surface area (Å²) in [6, 6.07) is 12.7. The Morgan fingerprint density at radius 3 is 2.23 bits per heavy atom. The molecule has 0 aliphatic carbocycles. The number of pyridine rings is 1. The van der Waals surface area contributed by atoms with Gasteiger partial charge in [-0.05, 0) is 18.1 Å². The fourth-order valence-corrected chi connectivity index (χ4v) is 2.68. The first-order valence-corrected chi connectivity index (χ1v) is 8.33. The van der Waals surface area contributed by atoms with Crippen LogP contribution in [-0.2, 0) is 9.53 Å². The summed E-state index contributed by atoms with van der Waals surface area (Å²) in [7, 11) is 1.26. The molecule has 0 N–H and O–H groups in total. The van der Waals surface area contributed by atoms with Crippen molar-refractivity contribution >= 4 is 17.7 Å². The van der Waals surface area contributed by atoms with Crippen LogP contribution >= 0.6 is 0 Å². The average molecular weight is 354 g/mol. The summed E-state index contributed by atoms with van der Waals surface area (Å²) in [6.07, 6.45) is 1.49. The number of ketones is 1. The number of hydrogen-bond donors (Lipinski definition) is 0. The van der Waals surface area contributed by atoms with Gasteiger partial charge in [-0.15, -0.1) is 0 Å². The van der Waals surface area contributed by atoms with Crippen molar-refractivity contribution in [3.63, 3.8) is 0 Å². The Kier molecular flexibility index (Phi) is 6.60. The lowest BCUT2D eigenvalue weighted by molar-refractivity contribution is -0.147. The minimum Gasteiger partial charge on any atom is -0.467 e. The molecule has 0 fully saturated rings. The van der Waals surface area contributed by atoms with Crippen molar-refractivity contribution in [3.8, 4) is 0 Å². The Hall–Kier alpha value is -3.02. The average Bonchev–Trinajstić information content (AvgIpc) is 2.67. The fraction of sp³-hybridized carbons (Fsp3) is 0.300. The Labute approximate surface area is 152 Å². The molecule has 0 aliphatic heterocycles. The number of ether oxygens (including phenoxy) is 1. The fourth-order valence-electron chi connectivity index (χ4n) is 2.68. The quantitative estimate of drug-likeness (QED) is 0.564. The van der Waals surface area contributed by atoms with E-state index in [9.17, 15) is 14.4 Å². The number of hydrogen-bond acceptors (Lipinski definition) is 5. The Bertz CT molecular complexity index is 760. The molecular formula is C20H22N2O4. The van der Waals surface area contributed by atoms with Crippen LogP contribution in [0.2, 0.25) is 0 Å². The van der Waals surface area contributed by atoms with E-state index >= 15 is 0 Å². The Morgan fingerprint density at radius 2 is 1.69 bits per heavy atom. The number of carbonyl (C=O) groups is 3. The molecule has 6 nitrogen and oxygen atoms in total. The van der Waals surface area contributed by atoms with Gasteiger partial charge >= 0.3 is 5.97 Å². The molecule has 1 aromatic carbocycles. The van der Waals surface area contributed by atoms with Gasteiger partial charge in [0.15, 0.2) is 5.78 Å². The van der Waals surface area contributed by atoms with E-state index < -0.39 is 17.9 Å². The summed E-state index contributed by atoms with van der Waals surface area (Å²) < 4.78 is 4.86. The van der Waals surface area contributed by atoms with E-state index in [-0.39, 0.29) is 23.9 Å². The van der Waals surface area contributed by atoms with Gasteiger partial charge in [0.1, 0.15) is 11.7 Å². The lowest BCUT2D eigenvalue weighted by atomic mass is 10.0. The van der Waals surface area contributed by atoms with Gasteiger partial charge in [0.2, 0.25) is 0 Å². The minimum atomic E-state index is -0.887. The van der Waals surface area contributed by atoms with Gasteiger partial charge in [-0.2, -0.15) is 0 Å². The third kappa shape index (κ3) is 4.53. The molecule has 2 aromatic rings. The predicted octanol–water partition coefficient (Wildman–Crippen LogP) is 2.60. The third-order valence-electron chi connectivity index (χ3n) is 3.96. The number of aromatic nitrogens is 1. The van der Waals surface area contributed by atoms with Crippen LogP contribution in [0.15, 0.2) is 54.7 Å². The molecule has 1 aromatic heterocycles. The van der Waals surface area contributed by atoms with Crippen molar-refractivity contribution < 1.29 is 19.1 Å².